The third-order valence-electron chi connectivity index (χ3n) is 3.00. The maximum atomic E-state index is 11.8. The van der Waals surface area contributed by atoms with E-state index in [9.17, 15) is 9.59 Å². The number of amides is 2. The minimum absolute atomic E-state index is 0.248. The molecule has 0 unspecified atom stereocenters. The predicted molar refractivity (Wildman–Crippen MR) is 88.1 cm³/mol. The molecule has 0 saturated carbocycles. The van der Waals surface area contributed by atoms with E-state index in [4.69, 9.17) is 23.2 Å². The molecule has 6 heteroatoms. The summed E-state index contributed by atoms with van der Waals surface area (Å²) in [6.45, 7) is 2.10. The van der Waals surface area contributed by atoms with Crippen LogP contribution in [-0.2, 0) is 16.1 Å². The Bertz CT molecular complexity index is 700. The average Bonchev–Trinajstić information content (AvgIpc) is 2.50. The summed E-state index contributed by atoms with van der Waals surface area (Å²) in [7, 11) is 0. The number of benzene rings is 2. The topological polar surface area (TPSA) is 58.2 Å². The Morgan fingerprint density at radius 3 is 2.32 bits per heavy atom. The van der Waals surface area contributed by atoms with Gasteiger partial charge < -0.3 is 10.6 Å². The van der Waals surface area contributed by atoms with Crippen molar-refractivity contribution in [1.82, 2.24) is 5.32 Å². The van der Waals surface area contributed by atoms with Crippen LogP contribution in [0.5, 0.6) is 0 Å². The van der Waals surface area contributed by atoms with Gasteiger partial charge in [-0.2, -0.15) is 0 Å². The summed E-state index contributed by atoms with van der Waals surface area (Å²) in [4.78, 5) is 23.6. The number of hydrogen-bond acceptors (Lipinski definition) is 2. The van der Waals surface area contributed by atoms with E-state index in [2.05, 4.69) is 10.6 Å². The van der Waals surface area contributed by atoms with Crippen molar-refractivity contribution in [2.24, 2.45) is 0 Å². The zero-order valence-corrected chi connectivity index (χ0v) is 13.3. The highest BCUT2D eigenvalue weighted by Gasteiger charge is 2.13. The fourth-order valence-corrected chi connectivity index (χ4v) is 2.03. The zero-order valence-electron chi connectivity index (χ0n) is 11.8. The van der Waals surface area contributed by atoms with E-state index >= 15 is 0 Å². The van der Waals surface area contributed by atoms with Crippen molar-refractivity contribution < 1.29 is 9.59 Å². The standard InChI is InChI=1S/C16H14Cl2N2O2/c1-10-2-7-13(8-14(10)18)20-16(22)15(21)19-9-11-3-5-12(17)6-4-11/h2-8H,9H2,1H3,(H,19,21)(H,20,22). The number of nitrogens with one attached hydrogen (secondary N) is 2. The Kier molecular flexibility index (Phi) is 5.41. The number of carbonyl (C=O) groups is 2. The fraction of sp³-hybridized carbons (Fsp3) is 0.125. The van der Waals surface area contributed by atoms with Gasteiger partial charge in [0.25, 0.3) is 0 Å². The van der Waals surface area contributed by atoms with Crippen molar-refractivity contribution in [3.05, 3.63) is 63.6 Å². The van der Waals surface area contributed by atoms with E-state index < -0.39 is 11.8 Å². The van der Waals surface area contributed by atoms with E-state index in [1.165, 1.54) is 0 Å². The molecule has 114 valence electrons. The van der Waals surface area contributed by atoms with Gasteiger partial charge >= 0.3 is 11.8 Å². The van der Waals surface area contributed by atoms with Gasteiger partial charge in [-0.25, -0.2) is 0 Å². The van der Waals surface area contributed by atoms with Gasteiger partial charge in [0.2, 0.25) is 0 Å². The molecule has 22 heavy (non-hydrogen) atoms. The number of hydrogen-bond donors (Lipinski definition) is 2. The van der Waals surface area contributed by atoms with E-state index in [0.29, 0.717) is 15.7 Å². The molecule has 0 aliphatic carbocycles. The molecule has 2 amide bonds. The molecule has 0 radical (unpaired) electrons. The smallest absolute Gasteiger partial charge is 0.313 e. The first-order valence-corrected chi connectivity index (χ1v) is 7.31. The lowest BCUT2D eigenvalue weighted by Gasteiger charge is -2.08. The molecule has 2 aromatic carbocycles. The van der Waals surface area contributed by atoms with E-state index in [1.807, 2.05) is 6.92 Å². The first-order valence-electron chi connectivity index (χ1n) is 6.55. The molecule has 0 aliphatic rings. The predicted octanol–water partition coefficient (Wildman–Crippen LogP) is 3.56. The number of rotatable bonds is 3. The zero-order chi connectivity index (χ0) is 16.1. The molecule has 0 spiro atoms. The Morgan fingerprint density at radius 1 is 1.00 bits per heavy atom. The van der Waals surface area contributed by atoms with Crippen LogP contribution >= 0.6 is 23.2 Å². The molecule has 4 nitrogen and oxygen atoms in total. The third kappa shape index (κ3) is 4.48. The van der Waals surface area contributed by atoms with Gasteiger partial charge in [0, 0.05) is 22.3 Å². The Morgan fingerprint density at radius 2 is 1.68 bits per heavy atom. The minimum atomic E-state index is -0.742. The summed E-state index contributed by atoms with van der Waals surface area (Å²) < 4.78 is 0. The highest BCUT2D eigenvalue weighted by Crippen LogP contribution is 2.19. The van der Waals surface area contributed by atoms with Crippen molar-refractivity contribution in [3.8, 4) is 0 Å². The molecule has 0 aromatic heterocycles. The van der Waals surface area contributed by atoms with E-state index in [0.717, 1.165) is 11.1 Å². The first kappa shape index (κ1) is 16.3. The van der Waals surface area contributed by atoms with Crippen LogP contribution in [0.3, 0.4) is 0 Å². The number of halogens is 2. The van der Waals surface area contributed by atoms with E-state index in [-0.39, 0.29) is 6.54 Å². The normalized spacial score (nSPS) is 10.1. The summed E-state index contributed by atoms with van der Waals surface area (Å²) >= 11 is 11.7. The summed E-state index contributed by atoms with van der Waals surface area (Å²) in [5.41, 5.74) is 2.22. The highest BCUT2D eigenvalue weighted by atomic mass is 35.5. The summed E-state index contributed by atoms with van der Waals surface area (Å²) in [5, 5.41) is 6.18. The van der Waals surface area contributed by atoms with Crippen LogP contribution in [0, 0.1) is 6.92 Å². The maximum absolute atomic E-state index is 11.8. The van der Waals surface area contributed by atoms with Gasteiger partial charge in [-0.05, 0) is 42.3 Å². The van der Waals surface area contributed by atoms with Crippen molar-refractivity contribution >= 4 is 40.7 Å². The summed E-state index contributed by atoms with van der Waals surface area (Å²) in [6.07, 6.45) is 0. The second kappa shape index (κ2) is 7.29. The Balaban J connectivity index is 1.90. The van der Waals surface area contributed by atoms with Gasteiger partial charge in [0.15, 0.2) is 0 Å². The lowest BCUT2D eigenvalue weighted by molar-refractivity contribution is -0.136. The Hall–Kier alpha value is -2.04. The lowest BCUT2D eigenvalue weighted by Crippen LogP contribution is -2.34. The van der Waals surface area contributed by atoms with Crippen LogP contribution < -0.4 is 10.6 Å². The van der Waals surface area contributed by atoms with Gasteiger partial charge in [0.05, 0.1) is 0 Å². The third-order valence-corrected chi connectivity index (χ3v) is 3.66. The summed E-state index contributed by atoms with van der Waals surface area (Å²) in [5.74, 6) is -1.46. The molecule has 0 bridgehead atoms. The van der Waals surface area contributed by atoms with Crippen LogP contribution in [0.1, 0.15) is 11.1 Å². The maximum Gasteiger partial charge on any atom is 0.313 e. The number of aryl methyl sites for hydroxylation is 1. The van der Waals surface area contributed by atoms with Crippen molar-refractivity contribution in [3.63, 3.8) is 0 Å². The molecular formula is C16H14Cl2N2O2. The molecule has 2 N–H and O–H groups in total. The minimum Gasteiger partial charge on any atom is -0.344 e. The van der Waals surface area contributed by atoms with Gasteiger partial charge in [-0.1, -0.05) is 41.4 Å². The van der Waals surface area contributed by atoms with Crippen molar-refractivity contribution in [1.29, 1.82) is 0 Å². The molecule has 2 aromatic rings. The SMILES string of the molecule is Cc1ccc(NC(=O)C(=O)NCc2ccc(Cl)cc2)cc1Cl. The summed E-state index contributed by atoms with van der Waals surface area (Å²) in [6, 6.07) is 12.0. The van der Waals surface area contributed by atoms with Crippen LogP contribution in [0.4, 0.5) is 5.69 Å². The molecular weight excluding hydrogens is 323 g/mol. The second-order valence-electron chi connectivity index (χ2n) is 4.73. The van der Waals surface area contributed by atoms with Crippen LogP contribution in [0.2, 0.25) is 10.0 Å². The molecule has 2 rings (SSSR count). The van der Waals surface area contributed by atoms with Gasteiger partial charge in [0.1, 0.15) is 0 Å². The van der Waals surface area contributed by atoms with Gasteiger partial charge in [-0.15, -0.1) is 0 Å². The van der Waals surface area contributed by atoms with Crippen LogP contribution in [0.25, 0.3) is 0 Å². The van der Waals surface area contributed by atoms with Crippen molar-refractivity contribution in [2.75, 3.05) is 5.32 Å². The monoisotopic (exact) mass is 336 g/mol. The van der Waals surface area contributed by atoms with E-state index in [1.54, 1.807) is 42.5 Å². The molecule has 0 fully saturated rings. The van der Waals surface area contributed by atoms with Gasteiger partial charge in [-0.3, -0.25) is 9.59 Å². The molecule has 0 atom stereocenters. The van der Waals surface area contributed by atoms with Crippen LogP contribution in [0.15, 0.2) is 42.5 Å². The largest absolute Gasteiger partial charge is 0.344 e. The number of anilines is 1. The highest BCUT2D eigenvalue weighted by molar-refractivity contribution is 6.39. The second-order valence-corrected chi connectivity index (χ2v) is 5.57. The van der Waals surface area contributed by atoms with Crippen LogP contribution in [-0.4, -0.2) is 11.8 Å². The average molecular weight is 337 g/mol. The van der Waals surface area contributed by atoms with Crippen molar-refractivity contribution in [2.45, 2.75) is 13.5 Å². The molecule has 0 heterocycles. The molecule has 0 saturated heterocycles. The number of carbonyl (C=O) groups excluding carboxylic acids is 2. The Labute approximate surface area is 138 Å². The quantitative estimate of drug-likeness (QED) is 0.842. The molecule has 0 aliphatic heterocycles. The lowest BCUT2D eigenvalue weighted by atomic mass is 10.2. The fourth-order valence-electron chi connectivity index (χ4n) is 1.72. The first-order chi connectivity index (χ1) is 10.5.